The highest BCUT2D eigenvalue weighted by Gasteiger charge is 2.25. The van der Waals surface area contributed by atoms with Crippen LogP contribution in [0.2, 0.25) is 0 Å². The van der Waals surface area contributed by atoms with Crippen molar-refractivity contribution in [1.82, 2.24) is 15.5 Å². The number of nitrogens with zero attached hydrogens (tertiary/aromatic N) is 3. The van der Waals surface area contributed by atoms with E-state index in [-0.39, 0.29) is 0 Å². The van der Waals surface area contributed by atoms with E-state index in [1.807, 2.05) is 6.92 Å². The molecule has 1 atom stereocenters. The van der Waals surface area contributed by atoms with Crippen LogP contribution in [0.5, 0.6) is 0 Å². The van der Waals surface area contributed by atoms with E-state index >= 15 is 0 Å². The topological polar surface area (TPSA) is 63.4 Å². The molecule has 2 rings (SSSR count). The van der Waals surface area contributed by atoms with Crippen LogP contribution in [0.4, 0.5) is 6.01 Å². The lowest BCUT2D eigenvalue weighted by Crippen LogP contribution is -2.45. The number of nitrogens with one attached hydrogen (secondary N) is 1. The van der Waals surface area contributed by atoms with Crippen molar-refractivity contribution in [1.29, 1.82) is 0 Å². The molecule has 1 saturated heterocycles. The standard InChI is InChI=1S/C11H20N4O2/c1-3-9-8-16-6-5-15(9)11-14-13-10(17-11)7-12-4-2/h9,12H,3-8H2,1-2H3. The summed E-state index contributed by atoms with van der Waals surface area (Å²) in [6.07, 6.45) is 1.02. The Hall–Kier alpha value is -1.14. The molecule has 17 heavy (non-hydrogen) atoms. The summed E-state index contributed by atoms with van der Waals surface area (Å²) in [4.78, 5) is 2.14. The monoisotopic (exact) mass is 240 g/mol. The van der Waals surface area contributed by atoms with Gasteiger partial charge in [0.1, 0.15) is 0 Å². The summed E-state index contributed by atoms with van der Waals surface area (Å²) in [5, 5.41) is 11.3. The fraction of sp³-hybridized carbons (Fsp3) is 0.818. The van der Waals surface area contributed by atoms with Crippen LogP contribution in [0.15, 0.2) is 4.42 Å². The number of hydrogen-bond acceptors (Lipinski definition) is 6. The molecule has 1 aromatic heterocycles. The minimum Gasteiger partial charge on any atom is -0.407 e. The van der Waals surface area contributed by atoms with Crippen molar-refractivity contribution in [2.45, 2.75) is 32.9 Å². The van der Waals surface area contributed by atoms with E-state index in [0.717, 1.165) is 32.7 Å². The van der Waals surface area contributed by atoms with Gasteiger partial charge in [0.15, 0.2) is 0 Å². The zero-order valence-electron chi connectivity index (χ0n) is 10.5. The van der Waals surface area contributed by atoms with Gasteiger partial charge in [-0.1, -0.05) is 18.9 Å². The molecule has 1 unspecified atom stereocenters. The zero-order chi connectivity index (χ0) is 12.1. The van der Waals surface area contributed by atoms with Crippen LogP contribution in [-0.4, -0.2) is 42.5 Å². The van der Waals surface area contributed by atoms with Crippen LogP contribution >= 0.6 is 0 Å². The second kappa shape index (κ2) is 5.97. The fourth-order valence-corrected chi connectivity index (χ4v) is 1.91. The molecule has 2 heterocycles. The SMILES string of the molecule is CCNCc1nnc(N2CCOCC2CC)o1. The predicted octanol–water partition coefficient (Wildman–Crippen LogP) is 0.794. The molecule has 1 fully saturated rings. The van der Waals surface area contributed by atoms with E-state index in [0.29, 0.717) is 24.5 Å². The molecule has 0 spiro atoms. The van der Waals surface area contributed by atoms with E-state index in [1.54, 1.807) is 0 Å². The van der Waals surface area contributed by atoms with Crippen molar-refractivity contribution >= 4 is 6.01 Å². The van der Waals surface area contributed by atoms with Gasteiger partial charge in [-0.05, 0) is 13.0 Å². The molecular formula is C11H20N4O2. The van der Waals surface area contributed by atoms with Gasteiger partial charge in [0.05, 0.1) is 25.8 Å². The van der Waals surface area contributed by atoms with E-state index < -0.39 is 0 Å². The van der Waals surface area contributed by atoms with Crippen LogP contribution in [-0.2, 0) is 11.3 Å². The highest BCUT2D eigenvalue weighted by atomic mass is 16.5. The molecule has 96 valence electrons. The first-order valence-corrected chi connectivity index (χ1v) is 6.22. The third kappa shape index (κ3) is 2.95. The minimum absolute atomic E-state index is 0.344. The van der Waals surface area contributed by atoms with Crippen LogP contribution in [0.25, 0.3) is 0 Å². The maximum atomic E-state index is 5.64. The predicted molar refractivity (Wildman–Crippen MR) is 63.9 cm³/mol. The highest BCUT2D eigenvalue weighted by molar-refractivity contribution is 5.27. The molecule has 0 aromatic carbocycles. The summed E-state index contributed by atoms with van der Waals surface area (Å²) in [7, 11) is 0. The number of anilines is 1. The van der Waals surface area contributed by atoms with Gasteiger partial charge < -0.3 is 19.4 Å². The van der Waals surface area contributed by atoms with Crippen molar-refractivity contribution in [2.75, 3.05) is 31.2 Å². The molecule has 1 aliphatic heterocycles. The van der Waals surface area contributed by atoms with Crippen LogP contribution in [0.1, 0.15) is 26.2 Å². The Morgan fingerprint density at radius 3 is 3.06 bits per heavy atom. The lowest BCUT2D eigenvalue weighted by molar-refractivity contribution is 0.0899. The van der Waals surface area contributed by atoms with Crippen LogP contribution in [0.3, 0.4) is 0 Å². The normalized spacial score (nSPS) is 20.8. The first-order chi connectivity index (χ1) is 8.35. The van der Waals surface area contributed by atoms with Crippen molar-refractivity contribution in [2.24, 2.45) is 0 Å². The molecule has 0 saturated carbocycles. The summed E-state index contributed by atoms with van der Waals surface area (Å²) in [6, 6.07) is 0.962. The summed E-state index contributed by atoms with van der Waals surface area (Å²) in [6.45, 7) is 8.00. The van der Waals surface area contributed by atoms with Gasteiger partial charge in [0.25, 0.3) is 0 Å². The van der Waals surface area contributed by atoms with Gasteiger partial charge in [-0.2, -0.15) is 0 Å². The highest BCUT2D eigenvalue weighted by Crippen LogP contribution is 2.19. The lowest BCUT2D eigenvalue weighted by atomic mass is 10.2. The van der Waals surface area contributed by atoms with E-state index in [1.165, 1.54) is 0 Å². The second-order valence-corrected chi connectivity index (χ2v) is 4.09. The van der Waals surface area contributed by atoms with Crippen LogP contribution in [0, 0.1) is 0 Å². The second-order valence-electron chi connectivity index (χ2n) is 4.09. The van der Waals surface area contributed by atoms with Gasteiger partial charge in [-0.15, -0.1) is 5.10 Å². The molecule has 6 nitrogen and oxygen atoms in total. The van der Waals surface area contributed by atoms with Crippen molar-refractivity contribution in [3.63, 3.8) is 0 Å². The van der Waals surface area contributed by atoms with Gasteiger partial charge >= 0.3 is 6.01 Å². The Labute approximate surface area is 101 Å². The maximum absolute atomic E-state index is 5.64. The number of rotatable bonds is 5. The van der Waals surface area contributed by atoms with Gasteiger partial charge in [0, 0.05) is 6.54 Å². The Bertz CT molecular complexity index is 342. The number of aromatic nitrogens is 2. The molecule has 0 bridgehead atoms. The molecule has 1 aromatic rings. The van der Waals surface area contributed by atoms with Crippen molar-refractivity contribution in [3.8, 4) is 0 Å². The van der Waals surface area contributed by atoms with E-state index in [4.69, 9.17) is 9.15 Å². The number of ether oxygens (including phenoxy) is 1. The molecule has 0 amide bonds. The zero-order valence-corrected chi connectivity index (χ0v) is 10.5. The molecule has 0 radical (unpaired) electrons. The number of hydrogen-bond donors (Lipinski definition) is 1. The number of morpholine rings is 1. The van der Waals surface area contributed by atoms with Gasteiger partial charge in [-0.25, -0.2) is 0 Å². The summed E-state index contributed by atoms with van der Waals surface area (Å²) < 4.78 is 11.1. The van der Waals surface area contributed by atoms with E-state index in [9.17, 15) is 0 Å². The lowest BCUT2D eigenvalue weighted by Gasteiger charge is -2.33. The molecular weight excluding hydrogens is 220 g/mol. The Morgan fingerprint density at radius 1 is 1.41 bits per heavy atom. The average Bonchev–Trinajstić information content (AvgIpc) is 2.85. The summed E-state index contributed by atoms with van der Waals surface area (Å²) in [5.74, 6) is 0.642. The first kappa shape index (κ1) is 12.3. The maximum Gasteiger partial charge on any atom is 0.318 e. The summed E-state index contributed by atoms with van der Waals surface area (Å²) in [5.41, 5.74) is 0. The van der Waals surface area contributed by atoms with Gasteiger partial charge in [-0.3, -0.25) is 0 Å². The van der Waals surface area contributed by atoms with Crippen LogP contribution < -0.4 is 10.2 Å². The Balaban J connectivity index is 2.02. The Morgan fingerprint density at radius 2 is 2.29 bits per heavy atom. The Kier molecular flexibility index (Phi) is 4.33. The first-order valence-electron chi connectivity index (χ1n) is 6.22. The smallest absolute Gasteiger partial charge is 0.318 e. The minimum atomic E-state index is 0.344. The molecule has 0 aliphatic carbocycles. The van der Waals surface area contributed by atoms with Gasteiger partial charge in [0.2, 0.25) is 5.89 Å². The molecule has 6 heteroatoms. The fourth-order valence-electron chi connectivity index (χ4n) is 1.91. The van der Waals surface area contributed by atoms with E-state index in [2.05, 4.69) is 27.3 Å². The molecule has 1 N–H and O–H groups in total. The molecule has 1 aliphatic rings. The third-order valence-electron chi connectivity index (χ3n) is 2.93. The quantitative estimate of drug-likeness (QED) is 0.821. The summed E-state index contributed by atoms with van der Waals surface area (Å²) >= 11 is 0. The van der Waals surface area contributed by atoms with Crippen molar-refractivity contribution in [3.05, 3.63) is 5.89 Å². The average molecular weight is 240 g/mol. The van der Waals surface area contributed by atoms with Crippen molar-refractivity contribution < 1.29 is 9.15 Å². The largest absolute Gasteiger partial charge is 0.407 e. The third-order valence-corrected chi connectivity index (χ3v) is 2.93.